The van der Waals surface area contributed by atoms with Crippen LogP contribution in [0, 0.1) is 0 Å². The van der Waals surface area contributed by atoms with Gasteiger partial charge in [-0.15, -0.1) is 11.3 Å². The number of methoxy groups -OCH3 is 1. The summed E-state index contributed by atoms with van der Waals surface area (Å²) in [5.41, 5.74) is 2.01. The van der Waals surface area contributed by atoms with Crippen LogP contribution >= 0.6 is 22.9 Å². The number of rotatable bonds is 9. The van der Waals surface area contributed by atoms with E-state index in [-0.39, 0.29) is 5.91 Å². The van der Waals surface area contributed by atoms with Gasteiger partial charge in [-0.05, 0) is 25.6 Å². The van der Waals surface area contributed by atoms with Crippen LogP contribution in [0.2, 0.25) is 5.02 Å². The van der Waals surface area contributed by atoms with Crippen LogP contribution in [0.15, 0.2) is 29.6 Å². The van der Waals surface area contributed by atoms with Crippen LogP contribution in [-0.2, 0) is 16.1 Å². The Balaban J connectivity index is 1.81. The Morgan fingerprint density at radius 2 is 2.12 bits per heavy atom. The second kappa shape index (κ2) is 9.74. The van der Waals surface area contributed by atoms with Gasteiger partial charge in [0.2, 0.25) is 5.91 Å². The lowest BCUT2D eigenvalue weighted by Crippen LogP contribution is -2.35. The Kier molecular flexibility index (Phi) is 7.65. The summed E-state index contributed by atoms with van der Waals surface area (Å²) in [5, 5.41) is 6.58. The van der Waals surface area contributed by atoms with Crippen molar-refractivity contribution in [1.29, 1.82) is 0 Å². The van der Waals surface area contributed by atoms with E-state index < -0.39 is 0 Å². The van der Waals surface area contributed by atoms with Crippen LogP contribution in [-0.4, -0.2) is 49.6 Å². The third-order valence-corrected chi connectivity index (χ3v) is 4.53. The Morgan fingerprint density at radius 1 is 1.38 bits per heavy atom. The Labute approximate surface area is 151 Å². The second-order valence-corrected chi connectivity index (χ2v) is 6.81. The fourth-order valence-electron chi connectivity index (χ4n) is 2.18. The molecule has 1 aromatic heterocycles. The first kappa shape index (κ1) is 18.9. The molecule has 0 fully saturated rings. The smallest absolute Gasteiger partial charge is 0.234 e. The Morgan fingerprint density at radius 3 is 2.83 bits per heavy atom. The predicted molar refractivity (Wildman–Crippen MR) is 98.4 cm³/mol. The number of amides is 1. The van der Waals surface area contributed by atoms with Crippen molar-refractivity contribution in [3.05, 3.63) is 40.4 Å². The summed E-state index contributed by atoms with van der Waals surface area (Å²) < 4.78 is 4.95. The lowest BCUT2D eigenvalue weighted by molar-refractivity contribution is -0.122. The van der Waals surface area contributed by atoms with E-state index in [0.717, 1.165) is 22.7 Å². The maximum Gasteiger partial charge on any atom is 0.234 e. The number of hydrogen-bond acceptors (Lipinski definition) is 5. The average Bonchev–Trinajstić information content (AvgIpc) is 3.00. The molecular formula is C17H22ClN3O2S. The van der Waals surface area contributed by atoms with Crippen LogP contribution in [0.3, 0.4) is 0 Å². The lowest BCUT2D eigenvalue weighted by atomic mass is 10.2. The topological polar surface area (TPSA) is 54.5 Å². The van der Waals surface area contributed by atoms with E-state index in [0.29, 0.717) is 31.3 Å². The van der Waals surface area contributed by atoms with E-state index in [4.69, 9.17) is 16.3 Å². The van der Waals surface area contributed by atoms with Gasteiger partial charge < -0.3 is 10.1 Å². The average molecular weight is 368 g/mol. The van der Waals surface area contributed by atoms with Crippen molar-refractivity contribution in [3.63, 3.8) is 0 Å². The first-order chi connectivity index (χ1) is 11.6. The third-order valence-electron chi connectivity index (χ3n) is 3.34. The summed E-state index contributed by atoms with van der Waals surface area (Å²) in [7, 11) is 3.57. The van der Waals surface area contributed by atoms with Crippen molar-refractivity contribution < 1.29 is 9.53 Å². The van der Waals surface area contributed by atoms with Crippen molar-refractivity contribution in [3.8, 4) is 10.6 Å². The Bertz CT molecular complexity index is 646. The molecule has 2 aromatic rings. The molecule has 24 heavy (non-hydrogen) atoms. The molecule has 0 aliphatic heterocycles. The molecular weight excluding hydrogens is 346 g/mol. The van der Waals surface area contributed by atoms with E-state index in [1.807, 2.05) is 41.6 Å². The van der Waals surface area contributed by atoms with Crippen LogP contribution in [0.25, 0.3) is 10.6 Å². The van der Waals surface area contributed by atoms with Crippen molar-refractivity contribution in [2.75, 3.05) is 33.9 Å². The van der Waals surface area contributed by atoms with Crippen LogP contribution in [0.4, 0.5) is 0 Å². The molecule has 1 N–H and O–H groups in total. The zero-order valence-corrected chi connectivity index (χ0v) is 15.5. The number of hydrogen-bond donors (Lipinski definition) is 1. The number of halogens is 1. The molecule has 0 saturated carbocycles. The molecule has 0 aliphatic carbocycles. The minimum absolute atomic E-state index is 0.0155. The van der Waals surface area contributed by atoms with E-state index in [1.54, 1.807) is 18.4 Å². The SMILES string of the molecule is COCCCNC(=O)CN(C)Cc1csc(-c2ccc(Cl)cc2)n1. The highest BCUT2D eigenvalue weighted by molar-refractivity contribution is 7.13. The van der Waals surface area contributed by atoms with Gasteiger partial charge in [-0.1, -0.05) is 23.7 Å². The molecule has 1 amide bonds. The number of aromatic nitrogens is 1. The summed E-state index contributed by atoms with van der Waals surface area (Å²) in [6.07, 6.45) is 0.822. The molecule has 5 nitrogen and oxygen atoms in total. The number of thiazole rings is 1. The molecule has 0 atom stereocenters. The summed E-state index contributed by atoms with van der Waals surface area (Å²) in [6.45, 7) is 2.27. The first-order valence-electron chi connectivity index (χ1n) is 7.73. The van der Waals surface area contributed by atoms with Gasteiger partial charge in [-0.25, -0.2) is 4.98 Å². The number of nitrogens with zero attached hydrogens (tertiary/aromatic N) is 2. The lowest BCUT2D eigenvalue weighted by Gasteiger charge is -2.14. The van der Waals surface area contributed by atoms with Crippen molar-refractivity contribution >= 4 is 28.8 Å². The highest BCUT2D eigenvalue weighted by atomic mass is 35.5. The quantitative estimate of drug-likeness (QED) is 0.692. The second-order valence-electron chi connectivity index (χ2n) is 5.52. The van der Waals surface area contributed by atoms with Gasteiger partial charge in [0.05, 0.1) is 12.2 Å². The van der Waals surface area contributed by atoms with Gasteiger partial charge in [0, 0.05) is 42.8 Å². The Hall–Kier alpha value is -1.47. The first-order valence-corrected chi connectivity index (χ1v) is 8.99. The summed E-state index contributed by atoms with van der Waals surface area (Å²) in [6, 6.07) is 7.64. The number of nitrogens with one attached hydrogen (secondary N) is 1. The van der Waals surface area contributed by atoms with Crippen molar-refractivity contribution in [2.45, 2.75) is 13.0 Å². The van der Waals surface area contributed by atoms with Gasteiger partial charge in [0.1, 0.15) is 5.01 Å². The highest BCUT2D eigenvalue weighted by Crippen LogP contribution is 2.25. The van der Waals surface area contributed by atoms with Crippen LogP contribution in [0.5, 0.6) is 0 Å². The standard InChI is InChI=1S/C17H22ClN3O2S/c1-21(11-16(22)19-8-3-9-23-2)10-15-12-24-17(20-15)13-4-6-14(18)7-5-13/h4-7,12H,3,8-11H2,1-2H3,(H,19,22). The number of carbonyl (C=O) groups is 1. The van der Waals surface area contributed by atoms with E-state index >= 15 is 0 Å². The molecule has 0 spiro atoms. The summed E-state index contributed by atoms with van der Waals surface area (Å²) in [4.78, 5) is 18.4. The zero-order valence-electron chi connectivity index (χ0n) is 13.9. The third kappa shape index (κ3) is 6.20. The van der Waals surface area contributed by atoms with E-state index in [9.17, 15) is 4.79 Å². The molecule has 2 rings (SSSR count). The number of ether oxygens (including phenoxy) is 1. The fraction of sp³-hybridized carbons (Fsp3) is 0.412. The van der Waals surface area contributed by atoms with E-state index in [1.165, 1.54) is 0 Å². The molecule has 0 unspecified atom stereocenters. The predicted octanol–water partition coefficient (Wildman–Crippen LogP) is 3.05. The molecule has 130 valence electrons. The molecule has 1 aromatic carbocycles. The maximum atomic E-state index is 11.8. The summed E-state index contributed by atoms with van der Waals surface area (Å²) >= 11 is 7.50. The maximum absolute atomic E-state index is 11.8. The van der Waals surface area contributed by atoms with E-state index in [2.05, 4.69) is 10.3 Å². The largest absolute Gasteiger partial charge is 0.385 e. The van der Waals surface area contributed by atoms with Gasteiger partial charge in [-0.3, -0.25) is 9.69 Å². The van der Waals surface area contributed by atoms with Gasteiger partial charge in [0.25, 0.3) is 0 Å². The molecule has 0 bridgehead atoms. The zero-order chi connectivity index (χ0) is 17.4. The number of benzene rings is 1. The summed E-state index contributed by atoms with van der Waals surface area (Å²) in [5.74, 6) is 0.0155. The normalized spacial score (nSPS) is 11.0. The molecule has 0 saturated heterocycles. The highest BCUT2D eigenvalue weighted by Gasteiger charge is 2.10. The van der Waals surface area contributed by atoms with Gasteiger partial charge in [-0.2, -0.15) is 0 Å². The molecule has 0 aliphatic rings. The van der Waals surface area contributed by atoms with Gasteiger partial charge >= 0.3 is 0 Å². The van der Waals surface area contributed by atoms with Crippen molar-refractivity contribution in [2.24, 2.45) is 0 Å². The minimum Gasteiger partial charge on any atom is -0.385 e. The van der Waals surface area contributed by atoms with Crippen LogP contribution < -0.4 is 5.32 Å². The number of likely N-dealkylation sites (N-methyl/N-ethyl adjacent to an activating group) is 1. The minimum atomic E-state index is 0.0155. The molecule has 7 heteroatoms. The fourth-order valence-corrected chi connectivity index (χ4v) is 3.13. The van der Waals surface area contributed by atoms with Crippen LogP contribution in [0.1, 0.15) is 12.1 Å². The molecule has 0 radical (unpaired) electrons. The van der Waals surface area contributed by atoms with Gasteiger partial charge in [0.15, 0.2) is 0 Å². The number of carbonyl (C=O) groups excluding carboxylic acids is 1. The molecule has 1 heterocycles. The van der Waals surface area contributed by atoms with Crippen molar-refractivity contribution in [1.82, 2.24) is 15.2 Å². The monoisotopic (exact) mass is 367 g/mol.